The van der Waals surface area contributed by atoms with E-state index in [9.17, 15) is 4.79 Å². The second-order valence-corrected chi connectivity index (χ2v) is 8.52. The summed E-state index contributed by atoms with van der Waals surface area (Å²) in [5.74, 6) is 1.44. The van der Waals surface area contributed by atoms with Gasteiger partial charge < -0.3 is 15.0 Å². The summed E-state index contributed by atoms with van der Waals surface area (Å²) in [6.45, 7) is 10.7. The van der Waals surface area contributed by atoms with Crippen molar-refractivity contribution in [3.63, 3.8) is 0 Å². The van der Waals surface area contributed by atoms with Gasteiger partial charge in [-0.25, -0.2) is 4.79 Å². The van der Waals surface area contributed by atoms with Gasteiger partial charge in [-0.15, -0.1) is 6.58 Å². The number of carbonyl (C=O) groups excluding carboxylic acids is 1. The Kier molecular flexibility index (Phi) is 8.61. The van der Waals surface area contributed by atoms with Crippen LogP contribution < -0.4 is 20.9 Å². The number of unbranched alkanes of at least 4 members (excludes halogenated alkanes) is 2. The van der Waals surface area contributed by atoms with E-state index in [0.29, 0.717) is 17.5 Å². The monoisotopic (exact) mass is 432 g/mol. The molecule has 1 saturated heterocycles. The van der Waals surface area contributed by atoms with Gasteiger partial charge in [-0.1, -0.05) is 36.7 Å². The molecule has 2 aliphatic rings. The molecule has 0 bridgehead atoms. The molecule has 1 aliphatic heterocycles. The Labute approximate surface area is 184 Å². The summed E-state index contributed by atoms with van der Waals surface area (Å²) < 4.78 is 5.91. The lowest BCUT2D eigenvalue weighted by atomic mass is 10.0. The van der Waals surface area contributed by atoms with Crippen LogP contribution in [-0.4, -0.2) is 37.2 Å². The van der Waals surface area contributed by atoms with Crippen LogP contribution in [-0.2, 0) is 0 Å². The number of benzene rings is 1. The SMILES string of the molecule is C=CCC(NNCCCCCN1CC(=C)NC1=O)c1ccc(Cl)c(OCC2CC2)c1. The van der Waals surface area contributed by atoms with Crippen molar-refractivity contribution in [3.05, 3.63) is 53.7 Å². The minimum absolute atomic E-state index is 0.0319. The molecule has 2 amide bonds. The Hall–Kier alpha value is -2.02. The Balaban J connectivity index is 1.37. The lowest BCUT2D eigenvalue weighted by molar-refractivity contribution is 0.216. The normalized spacial score (nSPS) is 17.2. The van der Waals surface area contributed by atoms with E-state index in [1.54, 1.807) is 4.90 Å². The second kappa shape index (κ2) is 11.4. The highest BCUT2D eigenvalue weighted by Crippen LogP contribution is 2.33. The van der Waals surface area contributed by atoms with E-state index < -0.39 is 0 Å². The molecule has 1 unspecified atom stereocenters. The average molecular weight is 433 g/mol. The van der Waals surface area contributed by atoms with Gasteiger partial charge in [-0.05, 0) is 55.7 Å². The maximum Gasteiger partial charge on any atom is 0.321 e. The number of amides is 2. The van der Waals surface area contributed by atoms with Crippen molar-refractivity contribution >= 4 is 17.6 Å². The standard InChI is InChI=1S/C23H33ClN4O2/c1-3-7-21(19-10-11-20(24)22(14-19)30-16-18-8-9-18)27-25-12-5-4-6-13-28-15-17(2)26-23(28)29/h3,10-11,14,18,21,25,27H,1-2,4-9,12-13,15-16H2,(H,26,29). The first kappa shape index (κ1) is 22.7. The van der Waals surface area contributed by atoms with Crippen molar-refractivity contribution < 1.29 is 9.53 Å². The lowest BCUT2D eigenvalue weighted by Crippen LogP contribution is -2.36. The number of nitrogens with zero attached hydrogens (tertiary/aromatic N) is 1. The molecule has 1 saturated carbocycles. The van der Waals surface area contributed by atoms with Gasteiger partial charge >= 0.3 is 6.03 Å². The average Bonchev–Trinajstić information content (AvgIpc) is 3.49. The molecule has 6 nitrogen and oxygen atoms in total. The molecule has 0 radical (unpaired) electrons. The zero-order chi connectivity index (χ0) is 21.3. The molecule has 30 heavy (non-hydrogen) atoms. The molecule has 0 spiro atoms. The van der Waals surface area contributed by atoms with Crippen LogP contribution in [0.2, 0.25) is 5.02 Å². The van der Waals surface area contributed by atoms with Gasteiger partial charge in [0, 0.05) is 24.8 Å². The topological polar surface area (TPSA) is 65.6 Å². The zero-order valence-electron chi connectivity index (χ0n) is 17.6. The number of carbonyl (C=O) groups is 1. The number of urea groups is 1. The molecule has 7 heteroatoms. The Bertz CT molecular complexity index is 751. The van der Waals surface area contributed by atoms with Crippen LogP contribution in [0.1, 0.15) is 50.1 Å². The van der Waals surface area contributed by atoms with Gasteiger partial charge in [0.25, 0.3) is 0 Å². The van der Waals surface area contributed by atoms with Gasteiger partial charge in [0.15, 0.2) is 0 Å². The van der Waals surface area contributed by atoms with E-state index in [-0.39, 0.29) is 12.1 Å². The lowest BCUT2D eigenvalue weighted by Gasteiger charge is -2.20. The minimum Gasteiger partial charge on any atom is -0.492 e. The highest BCUT2D eigenvalue weighted by Gasteiger charge is 2.23. The fourth-order valence-electron chi connectivity index (χ4n) is 3.43. The van der Waals surface area contributed by atoms with Crippen molar-refractivity contribution in [1.29, 1.82) is 0 Å². The number of halogens is 1. The third-order valence-corrected chi connectivity index (χ3v) is 5.70. The maximum atomic E-state index is 11.7. The van der Waals surface area contributed by atoms with E-state index in [0.717, 1.165) is 62.4 Å². The van der Waals surface area contributed by atoms with Gasteiger partial charge in [0.05, 0.1) is 18.2 Å². The molecular weight excluding hydrogens is 400 g/mol. The number of nitrogens with one attached hydrogen (secondary N) is 3. The Morgan fingerprint density at radius 3 is 2.87 bits per heavy atom. The van der Waals surface area contributed by atoms with E-state index in [2.05, 4.69) is 29.3 Å². The van der Waals surface area contributed by atoms with Crippen molar-refractivity contribution in [1.82, 2.24) is 21.1 Å². The molecule has 1 aliphatic carbocycles. The van der Waals surface area contributed by atoms with Crippen molar-refractivity contribution in [2.75, 3.05) is 26.2 Å². The van der Waals surface area contributed by atoms with Gasteiger partial charge in [-0.3, -0.25) is 10.9 Å². The largest absolute Gasteiger partial charge is 0.492 e. The highest BCUT2D eigenvalue weighted by molar-refractivity contribution is 6.32. The molecule has 1 aromatic carbocycles. The van der Waals surface area contributed by atoms with Crippen LogP contribution in [0.4, 0.5) is 4.79 Å². The van der Waals surface area contributed by atoms with Crippen LogP contribution >= 0.6 is 11.6 Å². The summed E-state index contributed by atoms with van der Waals surface area (Å²) >= 11 is 6.31. The summed E-state index contributed by atoms with van der Waals surface area (Å²) in [4.78, 5) is 13.5. The molecular formula is C23H33ClN4O2. The second-order valence-electron chi connectivity index (χ2n) is 8.11. The summed E-state index contributed by atoms with van der Waals surface area (Å²) in [6.07, 6.45) is 8.28. The van der Waals surface area contributed by atoms with E-state index >= 15 is 0 Å². The number of hydrogen-bond donors (Lipinski definition) is 3. The molecule has 0 aromatic heterocycles. The Morgan fingerprint density at radius 2 is 2.17 bits per heavy atom. The smallest absolute Gasteiger partial charge is 0.321 e. The van der Waals surface area contributed by atoms with Crippen LogP contribution in [0.15, 0.2) is 43.1 Å². The maximum absolute atomic E-state index is 11.7. The first-order chi connectivity index (χ1) is 14.6. The van der Waals surface area contributed by atoms with Gasteiger partial charge in [0.2, 0.25) is 0 Å². The minimum atomic E-state index is -0.0319. The van der Waals surface area contributed by atoms with Crippen molar-refractivity contribution in [2.45, 2.75) is 44.6 Å². The van der Waals surface area contributed by atoms with E-state index in [1.807, 2.05) is 24.3 Å². The number of rotatable bonds is 14. The summed E-state index contributed by atoms with van der Waals surface area (Å²) in [5.41, 5.74) is 8.63. The van der Waals surface area contributed by atoms with Crippen LogP contribution in [0, 0.1) is 5.92 Å². The highest BCUT2D eigenvalue weighted by atomic mass is 35.5. The van der Waals surface area contributed by atoms with Gasteiger partial charge in [-0.2, -0.15) is 0 Å². The third-order valence-electron chi connectivity index (χ3n) is 5.39. The summed E-state index contributed by atoms with van der Waals surface area (Å²) in [7, 11) is 0. The van der Waals surface area contributed by atoms with Crippen molar-refractivity contribution in [3.8, 4) is 5.75 Å². The fourth-order valence-corrected chi connectivity index (χ4v) is 3.60. The quantitative estimate of drug-likeness (QED) is 0.229. The van der Waals surface area contributed by atoms with E-state index in [4.69, 9.17) is 16.3 Å². The molecule has 1 heterocycles. The van der Waals surface area contributed by atoms with Gasteiger partial charge in [0.1, 0.15) is 5.75 Å². The number of hydrazine groups is 1. The predicted octanol–water partition coefficient (Wildman–Crippen LogP) is 4.55. The number of hydrogen-bond acceptors (Lipinski definition) is 4. The van der Waals surface area contributed by atoms with Crippen LogP contribution in [0.3, 0.4) is 0 Å². The molecule has 1 atom stereocenters. The Morgan fingerprint density at radius 1 is 1.33 bits per heavy atom. The first-order valence-corrected chi connectivity index (χ1v) is 11.2. The molecule has 3 rings (SSSR count). The fraction of sp³-hybridized carbons (Fsp3) is 0.522. The molecule has 3 N–H and O–H groups in total. The summed E-state index contributed by atoms with van der Waals surface area (Å²) in [6, 6.07) is 6.03. The van der Waals surface area contributed by atoms with Crippen molar-refractivity contribution in [2.24, 2.45) is 5.92 Å². The van der Waals surface area contributed by atoms with E-state index in [1.165, 1.54) is 12.8 Å². The zero-order valence-corrected chi connectivity index (χ0v) is 18.3. The molecule has 164 valence electrons. The van der Waals surface area contributed by atoms with Crippen LogP contribution in [0.5, 0.6) is 5.75 Å². The van der Waals surface area contributed by atoms with Crippen LogP contribution in [0.25, 0.3) is 0 Å². The molecule has 2 fully saturated rings. The molecule has 1 aromatic rings. The predicted molar refractivity (Wildman–Crippen MR) is 121 cm³/mol. The third kappa shape index (κ3) is 7.04. The first-order valence-electron chi connectivity index (χ1n) is 10.8. The summed E-state index contributed by atoms with van der Waals surface area (Å²) in [5, 5.41) is 3.39. The number of ether oxygens (including phenoxy) is 1.